The number of aromatic nitrogens is 1. The molecule has 0 saturated heterocycles. The van der Waals surface area contributed by atoms with Gasteiger partial charge in [-0.25, -0.2) is 4.98 Å². The highest BCUT2D eigenvalue weighted by molar-refractivity contribution is 7.22. The van der Waals surface area contributed by atoms with Crippen LogP contribution in [0.1, 0.15) is 21.5 Å². The van der Waals surface area contributed by atoms with Gasteiger partial charge in [0, 0.05) is 10.6 Å². The van der Waals surface area contributed by atoms with Gasteiger partial charge >= 0.3 is 0 Å². The predicted octanol–water partition coefficient (Wildman–Crippen LogP) is 7.26. The van der Waals surface area contributed by atoms with Crippen molar-refractivity contribution in [3.8, 4) is 0 Å². The second kappa shape index (κ2) is 8.14. The van der Waals surface area contributed by atoms with Crippen LogP contribution < -0.4 is 4.90 Å². The molecule has 0 radical (unpaired) electrons. The molecule has 0 aliphatic rings. The number of benzene rings is 4. The lowest BCUT2D eigenvalue weighted by Crippen LogP contribution is -2.30. The molecule has 1 amide bonds. The summed E-state index contributed by atoms with van der Waals surface area (Å²) < 4.78 is 1.02. The lowest BCUT2D eigenvalue weighted by molar-refractivity contribution is 0.0985. The molecule has 0 aliphatic heterocycles. The first-order valence-corrected chi connectivity index (χ1v) is 11.2. The van der Waals surface area contributed by atoms with E-state index in [2.05, 4.69) is 0 Å². The van der Waals surface area contributed by atoms with Crippen molar-refractivity contribution in [2.24, 2.45) is 0 Å². The highest BCUT2D eigenvalue weighted by Gasteiger charge is 2.22. The molecule has 1 heterocycles. The van der Waals surface area contributed by atoms with Crippen molar-refractivity contribution in [2.45, 2.75) is 13.5 Å². The van der Waals surface area contributed by atoms with E-state index in [0.29, 0.717) is 22.3 Å². The van der Waals surface area contributed by atoms with Crippen LogP contribution in [0.5, 0.6) is 0 Å². The second-order valence-corrected chi connectivity index (χ2v) is 8.87. The number of fused-ring (bicyclic) bond motifs is 2. The quantitative estimate of drug-likeness (QED) is 0.293. The number of halogens is 1. The standard InChI is InChI=1S/C26H19ClN2OS/c1-17-22(27)13-14-23-24(17)28-26(31-23)29(16-18-7-3-2-4-8-18)25(30)21-12-11-19-9-5-6-10-20(19)15-21/h2-15H,16H2,1H3. The van der Waals surface area contributed by atoms with Gasteiger partial charge in [-0.3, -0.25) is 9.69 Å². The van der Waals surface area contributed by atoms with Crippen LogP contribution in [0.3, 0.4) is 0 Å². The van der Waals surface area contributed by atoms with E-state index >= 15 is 0 Å². The molecule has 0 fully saturated rings. The van der Waals surface area contributed by atoms with Crippen LogP contribution in [0.15, 0.2) is 84.9 Å². The fourth-order valence-electron chi connectivity index (χ4n) is 3.67. The van der Waals surface area contributed by atoms with Gasteiger partial charge in [-0.1, -0.05) is 83.6 Å². The van der Waals surface area contributed by atoms with Crippen LogP contribution in [-0.4, -0.2) is 10.9 Å². The Kier molecular flexibility index (Phi) is 5.18. The lowest BCUT2D eigenvalue weighted by atomic mass is 10.1. The van der Waals surface area contributed by atoms with Crippen LogP contribution in [0.25, 0.3) is 21.0 Å². The Hall–Kier alpha value is -3.21. The van der Waals surface area contributed by atoms with Crippen LogP contribution in [0.2, 0.25) is 5.02 Å². The topological polar surface area (TPSA) is 33.2 Å². The largest absolute Gasteiger partial charge is 0.279 e. The van der Waals surface area contributed by atoms with Gasteiger partial charge in [0.1, 0.15) is 0 Å². The molecule has 5 aromatic rings. The first kappa shape index (κ1) is 19.7. The van der Waals surface area contributed by atoms with E-state index in [0.717, 1.165) is 32.1 Å². The van der Waals surface area contributed by atoms with Crippen LogP contribution in [0.4, 0.5) is 5.13 Å². The number of hydrogen-bond donors (Lipinski definition) is 0. The summed E-state index contributed by atoms with van der Waals surface area (Å²) in [7, 11) is 0. The van der Waals surface area contributed by atoms with Crippen molar-refractivity contribution >= 4 is 55.0 Å². The first-order valence-electron chi connectivity index (χ1n) is 10.0. The normalized spacial score (nSPS) is 11.2. The van der Waals surface area contributed by atoms with Crippen molar-refractivity contribution in [2.75, 3.05) is 4.90 Å². The predicted molar refractivity (Wildman–Crippen MR) is 130 cm³/mol. The van der Waals surface area contributed by atoms with Gasteiger partial charge < -0.3 is 0 Å². The van der Waals surface area contributed by atoms with Gasteiger partial charge in [0.2, 0.25) is 0 Å². The molecule has 0 atom stereocenters. The van der Waals surface area contributed by atoms with E-state index in [9.17, 15) is 4.79 Å². The number of rotatable bonds is 4. The highest BCUT2D eigenvalue weighted by atomic mass is 35.5. The van der Waals surface area contributed by atoms with Gasteiger partial charge in [0.05, 0.1) is 16.8 Å². The van der Waals surface area contributed by atoms with E-state index in [-0.39, 0.29) is 5.91 Å². The molecule has 1 aromatic heterocycles. The molecule has 0 saturated carbocycles. The van der Waals surface area contributed by atoms with E-state index in [1.54, 1.807) is 4.90 Å². The molecule has 5 heteroatoms. The average molecular weight is 443 g/mol. The number of carbonyl (C=O) groups excluding carboxylic acids is 1. The average Bonchev–Trinajstić information content (AvgIpc) is 3.25. The fourth-order valence-corrected chi connectivity index (χ4v) is 4.85. The summed E-state index contributed by atoms with van der Waals surface area (Å²) in [5.41, 5.74) is 3.46. The minimum Gasteiger partial charge on any atom is -0.279 e. The zero-order valence-corrected chi connectivity index (χ0v) is 18.5. The number of hydrogen-bond acceptors (Lipinski definition) is 3. The molecule has 4 aromatic carbocycles. The minimum atomic E-state index is -0.0718. The van der Waals surface area contributed by atoms with Gasteiger partial charge in [0.15, 0.2) is 5.13 Å². The summed E-state index contributed by atoms with van der Waals surface area (Å²) >= 11 is 7.81. The van der Waals surface area contributed by atoms with Crippen molar-refractivity contribution in [3.63, 3.8) is 0 Å². The Labute approximate surface area is 189 Å². The summed E-state index contributed by atoms with van der Waals surface area (Å²) in [5.74, 6) is -0.0718. The SMILES string of the molecule is Cc1c(Cl)ccc2sc(N(Cc3ccccc3)C(=O)c3ccc4ccccc4c3)nc12. The third-order valence-electron chi connectivity index (χ3n) is 5.39. The van der Waals surface area contributed by atoms with Gasteiger partial charge in [-0.05, 0) is 53.1 Å². The van der Waals surface area contributed by atoms with Crippen molar-refractivity contribution < 1.29 is 4.79 Å². The van der Waals surface area contributed by atoms with E-state index in [1.165, 1.54) is 11.3 Å². The number of carbonyl (C=O) groups is 1. The number of thiazole rings is 1. The van der Waals surface area contributed by atoms with Gasteiger partial charge in [-0.15, -0.1) is 0 Å². The number of aryl methyl sites for hydroxylation is 1. The molecule has 152 valence electrons. The number of nitrogens with zero attached hydrogens (tertiary/aromatic N) is 2. The van der Waals surface area contributed by atoms with Crippen molar-refractivity contribution in [3.05, 3.63) is 107 Å². The summed E-state index contributed by atoms with van der Waals surface area (Å²) in [4.78, 5) is 20.3. The molecule has 0 spiro atoms. The zero-order valence-electron chi connectivity index (χ0n) is 16.9. The molecule has 0 N–H and O–H groups in total. The summed E-state index contributed by atoms with van der Waals surface area (Å²) in [6.07, 6.45) is 0. The van der Waals surface area contributed by atoms with Crippen molar-refractivity contribution in [1.82, 2.24) is 4.98 Å². The van der Waals surface area contributed by atoms with Gasteiger partial charge in [-0.2, -0.15) is 0 Å². The highest BCUT2D eigenvalue weighted by Crippen LogP contribution is 2.35. The Morgan fingerprint density at radius 3 is 2.48 bits per heavy atom. The third kappa shape index (κ3) is 3.80. The maximum atomic E-state index is 13.7. The van der Waals surface area contributed by atoms with E-state index in [1.807, 2.05) is 91.9 Å². The summed E-state index contributed by atoms with van der Waals surface area (Å²) in [5, 5.41) is 3.50. The smallest absolute Gasteiger partial charge is 0.260 e. The maximum absolute atomic E-state index is 13.7. The number of anilines is 1. The third-order valence-corrected chi connectivity index (χ3v) is 6.85. The molecular weight excluding hydrogens is 424 g/mol. The molecule has 0 unspecified atom stereocenters. The second-order valence-electron chi connectivity index (χ2n) is 7.45. The molecule has 5 rings (SSSR count). The van der Waals surface area contributed by atoms with Crippen LogP contribution in [-0.2, 0) is 6.54 Å². The fraction of sp³-hybridized carbons (Fsp3) is 0.0769. The van der Waals surface area contributed by atoms with E-state index in [4.69, 9.17) is 16.6 Å². The number of amides is 1. The Morgan fingerprint density at radius 1 is 0.935 bits per heavy atom. The van der Waals surface area contributed by atoms with Crippen LogP contribution in [0, 0.1) is 6.92 Å². The summed E-state index contributed by atoms with van der Waals surface area (Å²) in [6, 6.07) is 27.7. The Morgan fingerprint density at radius 2 is 1.68 bits per heavy atom. The Balaban J connectivity index is 1.61. The van der Waals surface area contributed by atoms with Crippen LogP contribution >= 0.6 is 22.9 Å². The molecule has 0 bridgehead atoms. The molecular formula is C26H19ClN2OS. The molecule has 3 nitrogen and oxygen atoms in total. The molecule has 31 heavy (non-hydrogen) atoms. The first-order chi connectivity index (χ1) is 15.1. The van der Waals surface area contributed by atoms with E-state index < -0.39 is 0 Å². The van der Waals surface area contributed by atoms with Crippen molar-refractivity contribution in [1.29, 1.82) is 0 Å². The summed E-state index contributed by atoms with van der Waals surface area (Å²) in [6.45, 7) is 2.40. The minimum absolute atomic E-state index is 0.0718. The zero-order chi connectivity index (χ0) is 21.4. The molecule has 0 aliphatic carbocycles. The Bertz CT molecular complexity index is 1410. The monoisotopic (exact) mass is 442 g/mol. The van der Waals surface area contributed by atoms with Gasteiger partial charge in [0.25, 0.3) is 5.91 Å². The maximum Gasteiger partial charge on any atom is 0.260 e. The lowest BCUT2D eigenvalue weighted by Gasteiger charge is -2.20.